The largest absolute Gasteiger partial charge is 0.478 e. The number of nitrogens with one attached hydrogen (secondary N) is 2. The average Bonchev–Trinajstić information content (AvgIpc) is 3.64. The second-order valence-electron chi connectivity index (χ2n) is 11.3. The van der Waals surface area contributed by atoms with E-state index < -0.39 is 17.6 Å². The molecular formula is C36H32ClFN4O5. The Labute approximate surface area is 275 Å². The van der Waals surface area contributed by atoms with Crippen molar-refractivity contribution in [3.63, 3.8) is 0 Å². The molecule has 1 atom stereocenters. The summed E-state index contributed by atoms with van der Waals surface area (Å²) < 4.78 is 29.1. The molecule has 1 aliphatic heterocycles. The van der Waals surface area contributed by atoms with Gasteiger partial charge in [-0.15, -0.1) is 0 Å². The fourth-order valence-corrected chi connectivity index (χ4v) is 5.90. The molecule has 47 heavy (non-hydrogen) atoms. The second-order valence-corrected chi connectivity index (χ2v) is 11.8. The highest BCUT2D eigenvalue weighted by molar-refractivity contribution is 6.30. The van der Waals surface area contributed by atoms with E-state index in [9.17, 15) is 19.1 Å². The number of hydrogen-bond donors (Lipinski definition) is 3. The molecule has 1 aromatic heterocycles. The molecule has 0 saturated carbocycles. The number of rotatable bonds is 10. The number of carbonyl (C=O) groups is 2. The maximum absolute atomic E-state index is 14.8. The number of carboxylic acid groups (broad SMARTS) is 1. The van der Waals surface area contributed by atoms with Crippen molar-refractivity contribution in [2.45, 2.75) is 46.1 Å². The van der Waals surface area contributed by atoms with Gasteiger partial charge >= 0.3 is 5.97 Å². The van der Waals surface area contributed by atoms with Gasteiger partial charge in [-0.25, -0.2) is 14.2 Å². The van der Waals surface area contributed by atoms with Gasteiger partial charge in [-0.2, -0.15) is 0 Å². The molecule has 0 spiro atoms. The Morgan fingerprint density at radius 3 is 2.57 bits per heavy atom. The number of aromatic carboxylic acids is 1. The van der Waals surface area contributed by atoms with E-state index in [1.54, 1.807) is 50.6 Å². The van der Waals surface area contributed by atoms with Gasteiger partial charge in [0.05, 0.1) is 47.5 Å². The molecule has 0 radical (unpaired) electrons. The number of aryl methyl sites for hydroxylation is 1. The predicted octanol–water partition coefficient (Wildman–Crippen LogP) is 7.81. The van der Waals surface area contributed by atoms with Crippen LogP contribution in [-0.4, -0.2) is 26.5 Å². The number of ether oxygens (including phenoxy) is 2. The molecule has 1 amide bonds. The summed E-state index contributed by atoms with van der Waals surface area (Å²) in [7, 11) is 0. The number of halogens is 2. The minimum Gasteiger partial charge on any atom is -0.478 e. The number of amides is 1. The van der Waals surface area contributed by atoms with E-state index in [0.29, 0.717) is 35.0 Å². The van der Waals surface area contributed by atoms with Crippen molar-refractivity contribution in [3.05, 3.63) is 124 Å². The van der Waals surface area contributed by atoms with Crippen LogP contribution in [0.2, 0.25) is 5.02 Å². The highest BCUT2D eigenvalue weighted by Gasteiger charge is 2.42. The normalized spacial score (nSPS) is 15.0. The summed E-state index contributed by atoms with van der Waals surface area (Å²) in [5.41, 5.74) is 5.17. The monoisotopic (exact) mass is 654 g/mol. The topological polar surface area (TPSA) is 115 Å². The summed E-state index contributed by atoms with van der Waals surface area (Å²) in [6.07, 6.45) is 3.56. The van der Waals surface area contributed by atoms with E-state index >= 15 is 0 Å². The van der Waals surface area contributed by atoms with Crippen LogP contribution in [0.15, 0.2) is 85.3 Å². The third-order valence-corrected chi connectivity index (χ3v) is 8.42. The lowest BCUT2D eigenvalue weighted by molar-refractivity contribution is -0.115. The van der Waals surface area contributed by atoms with Crippen molar-refractivity contribution >= 4 is 34.9 Å². The van der Waals surface area contributed by atoms with Crippen LogP contribution in [0.5, 0.6) is 11.5 Å². The maximum atomic E-state index is 14.8. The molecular weight excluding hydrogens is 623 g/mol. The van der Waals surface area contributed by atoms with Crippen molar-refractivity contribution < 1.29 is 28.6 Å². The molecule has 240 valence electrons. The second kappa shape index (κ2) is 12.8. The van der Waals surface area contributed by atoms with Gasteiger partial charge < -0.3 is 29.8 Å². The van der Waals surface area contributed by atoms with Crippen LogP contribution in [-0.2, 0) is 30.1 Å². The van der Waals surface area contributed by atoms with Gasteiger partial charge in [0.2, 0.25) is 5.91 Å². The van der Waals surface area contributed by atoms with Crippen molar-refractivity contribution in [2.24, 2.45) is 0 Å². The zero-order valence-electron chi connectivity index (χ0n) is 25.9. The Hall–Kier alpha value is -5.35. The van der Waals surface area contributed by atoms with E-state index in [0.717, 1.165) is 28.9 Å². The Morgan fingerprint density at radius 1 is 1.06 bits per heavy atom. The molecule has 0 aliphatic carbocycles. The van der Waals surface area contributed by atoms with E-state index in [2.05, 4.69) is 15.6 Å². The first-order valence-corrected chi connectivity index (χ1v) is 15.4. The predicted molar refractivity (Wildman–Crippen MR) is 178 cm³/mol. The standard InChI is InChI=1S/C36H32ClFN4O5/c1-4-42-20-39-18-25(42)19-40-33-21(2)26(35(44)45)13-15-30(33)41-32(43)16-22-8-10-23(11-9-22)27-6-5-7-31-34(27)47-36(3,46-31)28-14-12-24(37)17-29(28)38/h5-15,17-18,20,40H,4,16,19H2,1-3H3,(H,41,43)(H,44,45). The van der Waals surface area contributed by atoms with Gasteiger partial charge in [0.25, 0.3) is 5.79 Å². The van der Waals surface area contributed by atoms with Crippen molar-refractivity contribution in [3.8, 4) is 22.6 Å². The third kappa shape index (κ3) is 6.37. The van der Waals surface area contributed by atoms with E-state index in [4.69, 9.17) is 21.1 Å². The molecule has 5 aromatic rings. The number of anilines is 2. The number of benzene rings is 4. The van der Waals surface area contributed by atoms with Crippen molar-refractivity contribution in [1.82, 2.24) is 9.55 Å². The summed E-state index contributed by atoms with van der Waals surface area (Å²) in [6, 6.07) is 20.4. The van der Waals surface area contributed by atoms with Crippen LogP contribution in [0.3, 0.4) is 0 Å². The summed E-state index contributed by atoms with van der Waals surface area (Å²) in [6.45, 7) is 6.51. The van der Waals surface area contributed by atoms with Crippen LogP contribution in [0.4, 0.5) is 15.8 Å². The Morgan fingerprint density at radius 2 is 1.85 bits per heavy atom. The van der Waals surface area contributed by atoms with Gasteiger partial charge in [0, 0.05) is 30.3 Å². The first-order valence-electron chi connectivity index (χ1n) is 15.0. The van der Waals surface area contributed by atoms with Gasteiger partial charge in [-0.1, -0.05) is 48.0 Å². The Kier molecular flexibility index (Phi) is 8.62. The lowest BCUT2D eigenvalue weighted by Gasteiger charge is -2.24. The summed E-state index contributed by atoms with van der Waals surface area (Å²) in [5.74, 6) is -2.26. The van der Waals surface area contributed by atoms with E-state index in [1.165, 1.54) is 12.1 Å². The number of imidazole rings is 1. The zero-order chi connectivity index (χ0) is 33.3. The molecule has 6 rings (SSSR count). The quantitative estimate of drug-likeness (QED) is 0.141. The molecule has 11 heteroatoms. The minimum absolute atomic E-state index is 0.0858. The number of nitrogens with zero attached hydrogens (tertiary/aromatic N) is 2. The van der Waals surface area contributed by atoms with E-state index in [1.807, 2.05) is 47.9 Å². The molecule has 9 nitrogen and oxygen atoms in total. The Balaban J connectivity index is 1.18. The SMILES string of the molecule is CCn1cncc1CNc1c(NC(=O)Cc2ccc(-c3cccc4c3OC(C)(c3ccc(Cl)cc3F)O4)cc2)ccc(C(=O)O)c1C. The summed E-state index contributed by atoms with van der Waals surface area (Å²) >= 11 is 5.95. The smallest absolute Gasteiger partial charge is 0.336 e. The first kappa shape index (κ1) is 31.6. The minimum atomic E-state index is -1.38. The van der Waals surface area contributed by atoms with Gasteiger partial charge in [-0.05, 0) is 66.9 Å². The van der Waals surface area contributed by atoms with Crippen LogP contribution in [0.1, 0.15) is 46.6 Å². The van der Waals surface area contributed by atoms with E-state index in [-0.39, 0.29) is 28.5 Å². The molecule has 2 heterocycles. The highest BCUT2D eigenvalue weighted by atomic mass is 35.5. The van der Waals surface area contributed by atoms with Crippen molar-refractivity contribution in [1.29, 1.82) is 0 Å². The third-order valence-electron chi connectivity index (χ3n) is 8.19. The number of aromatic nitrogens is 2. The zero-order valence-corrected chi connectivity index (χ0v) is 26.7. The summed E-state index contributed by atoms with van der Waals surface area (Å²) in [4.78, 5) is 29.2. The number of carboxylic acids is 1. The lowest BCUT2D eigenvalue weighted by Crippen LogP contribution is -2.32. The fourth-order valence-electron chi connectivity index (χ4n) is 5.74. The molecule has 0 saturated heterocycles. The van der Waals surface area contributed by atoms with Crippen LogP contribution in [0, 0.1) is 12.7 Å². The number of carbonyl (C=O) groups excluding carboxylic acids is 1. The lowest BCUT2D eigenvalue weighted by atomic mass is 10.0. The van der Waals surface area contributed by atoms with Gasteiger partial charge in [0.1, 0.15) is 5.82 Å². The van der Waals surface area contributed by atoms with Gasteiger partial charge in [0.15, 0.2) is 11.5 Å². The van der Waals surface area contributed by atoms with Crippen LogP contribution >= 0.6 is 11.6 Å². The highest BCUT2D eigenvalue weighted by Crippen LogP contribution is 2.49. The average molecular weight is 655 g/mol. The summed E-state index contributed by atoms with van der Waals surface area (Å²) in [5, 5.41) is 16.2. The molecule has 1 unspecified atom stereocenters. The number of hydrogen-bond acceptors (Lipinski definition) is 6. The Bertz CT molecular complexity index is 1990. The fraction of sp³-hybridized carbons (Fsp3) is 0.194. The molecule has 0 bridgehead atoms. The van der Waals surface area contributed by atoms with Gasteiger partial charge in [-0.3, -0.25) is 4.79 Å². The molecule has 0 fully saturated rings. The molecule has 4 aromatic carbocycles. The number of para-hydroxylation sites is 1. The van der Waals surface area contributed by atoms with Crippen LogP contribution < -0.4 is 20.1 Å². The van der Waals surface area contributed by atoms with Crippen molar-refractivity contribution in [2.75, 3.05) is 10.6 Å². The first-order chi connectivity index (χ1) is 22.6. The molecule has 1 aliphatic rings. The maximum Gasteiger partial charge on any atom is 0.336 e. The molecule has 3 N–H and O–H groups in total. The van der Waals surface area contributed by atoms with Crippen LogP contribution in [0.25, 0.3) is 11.1 Å². The number of fused-ring (bicyclic) bond motifs is 1.